The first-order valence-electron chi connectivity index (χ1n) is 13.9. The number of fused-ring (bicyclic) bond motifs is 2. The topological polar surface area (TPSA) is 70.4 Å². The van der Waals surface area contributed by atoms with Gasteiger partial charge in [-0.3, -0.25) is 9.69 Å². The highest BCUT2D eigenvalue weighted by atomic mass is 19.4. The van der Waals surface area contributed by atoms with E-state index in [1.807, 2.05) is 12.1 Å². The standard InChI is InChI=1S/C32H37F3N4O/c1-19-13-20(2)24(21(3)14-19)16-28(36)31(40)38-30-9-11-37-29-8-7-22(15-25(29)30)17-39-12-10-23-5-4-6-27(26(23)18-39)32(33,34)35/h4-8,13-15,28,30,37H,9-12,16-18,36H2,1-3H3,(H,38,40)/t28-,30+/m0/s1. The lowest BCUT2D eigenvalue weighted by atomic mass is 9.92. The number of aryl methyl sites for hydroxylation is 3. The number of carbonyl (C=O) groups is 1. The molecule has 40 heavy (non-hydrogen) atoms. The fraction of sp³-hybridized carbons (Fsp3) is 0.406. The Morgan fingerprint density at radius 2 is 1.88 bits per heavy atom. The van der Waals surface area contributed by atoms with Crippen molar-refractivity contribution >= 4 is 11.6 Å². The zero-order chi connectivity index (χ0) is 28.6. The molecule has 0 unspecified atom stereocenters. The first-order valence-corrected chi connectivity index (χ1v) is 13.9. The SMILES string of the molecule is Cc1cc(C)c(C[C@H](N)C(=O)N[C@@H]2CCNc3ccc(CN4CCc5cccc(C(F)(F)F)c5C4)cc32)c(C)c1. The van der Waals surface area contributed by atoms with Crippen LogP contribution in [0.25, 0.3) is 0 Å². The molecular formula is C32H37F3N4O. The van der Waals surface area contributed by atoms with E-state index in [4.69, 9.17) is 5.73 Å². The number of carbonyl (C=O) groups excluding carboxylic acids is 1. The summed E-state index contributed by atoms with van der Waals surface area (Å²) in [5, 5.41) is 6.57. The largest absolute Gasteiger partial charge is 0.416 e. The summed E-state index contributed by atoms with van der Waals surface area (Å²) in [5.41, 5.74) is 14.5. The van der Waals surface area contributed by atoms with Gasteiger partial charge in [0.2, 0.25) is 5.91 Å². The van der Waals surface area contributed by atoms with Crippen LogP contribution in [0.4, 0.5) is 18.9 Å². The van der Waals surface area contributed by atoms with Crippen molar-refractivity contribution in [2.24, 2.45) is 5.73 Å². The normalized spacial score (nSPS) is 17.9. The monoisotopic (exact) mass is 550 g/mol. The second-order valence-electron chi connectivity index (χ2n) is 11.3. The summed E-state index contributed by atoms with van der Waals surface area (Å²) >= 11 is 0. The van der Waals surface area contributed by atoms with Gasteiger partial charge < -0.3 is 16.4 Å². The Bertz CT molecular complexity index is 1390. The second-order valence-corrected chi connectivity index (χ2v) is 11.3. The summed E-state index contributed by atoms with van der Waals surface area (Å²) < 4.78 is 40.9. The minimum atomic E-state index is -4.37. The minimum absolute atomic E-state index is 0.185. The Labute approximate surface area is 234 Å². The number of anilines is 1. The van der Waals surface area contributed by atoms with Crippen molar-refractivity contribution < 1.29 is 18.0 Å². The highest BCUT2D eigenvalue weighted by molar-refractivity contribution is 5.82. The number of benzene rings is 3. The van der Waals surface area contributed by atoms with Crippen molar-refractivity contribution in [3.8, 4) is 0 Å². The maximum atomic E-state index is 13.6. The molecule has 2 aliphatic rings. The van der Waals surface area contributed by atoms with E-state index in [0.717, 1.165) is 52.0 Å². The molecular weight excluding hydrogens is 513 g/mol. The van der Waals surface area contributed by atoms with Gasteiger partial charge in [-0.1, -0.05) is 42.0 Å². The molecule has 0 spiro atoms. The number of alkyl halides is 3. The fourth-order valence-electron chi connectivity index (χ4n) is 6.24. The van der Waals surface area contributed by atoms with Crippen LogP contribution in [0, 0.1) is 20.8 Å². The molecule has 2 heterocycles. The van der Waals surface area contributed by atoms with Gasteiger partial charge in [0.05, 0.1) is 17.6 Å². The fourth-order valence-corrected chi connectivity index (χ4v) is 6.24. The third-order valence-electron chi connectivity index (χ3n) is 8.22. The predicted octanol–water partition coefficient (Wildman–Crippen LogP) is 5.73. The molecule has 0 aromatic heterocycles. The number of hydrogen-bond acceptors (Lipinski definition) is 4. The average Bonchev–Trinajstić information content (AvgIpc) is 2.90. The van der Waals surface area contributed by atoms with Gasteiger partial charge in [-0.15, -0.1) is 0 Å². The molecule has 212 valence electrons. The van der Waals surface area contributed by atoms with Crippen LogP contribution < -0.4 is 16.4 Å². The Balaban J connectivity index is 1.29. The van der Waals surface area contributed by atoms with Crippen molar-refractivity contribution in [2.75, 3.05) is 18.4 Å². The molecule has 3 aromatic carbocycles. The van der Waals surface area contributed by atoms with Gasteiger partial charge in [0.1, 0.15) is 0 Å². The lowest BCUT2D eigenvalue weighted by Crippen LogP contribution is -2.44. The van der Waals surface area contributed by atoms with E-state index in [1.165, 1.54) is 17.7 Å². The Morgan fingerprint density at radius 3 is 2.60 bits per heavy atom. The first kappa shape index (κ1) is 28.2. The van der Waals surface area contributed by atoms with Crippen LogP contribution >= 0.6 is 0 Å². The van der Waals surface area contributed by atoms with Gasteiger partial charge in [-0.25, -0.2) is 0 Å². The number of nitrogens with zero attached hydrogens (tertiary/aromatic N) is 1. The lowest BCUT2D eigenvalue weighted by Gasteiger charge is -2.32. The first-order chi connectivity index (χ1) is 19.0. The number of amides is 1. The summed E-state index contributed by atoms with van der Waals surface area (Å²) in [5.74, 6) is -0.185. The highest BCUT2D eigenvalue weighted by Gasteiger charge is 2.35. The van der Waals surface area contributed by atoms with E-state index in [1.54, 1.807) is 6.07 Å². The van der Waals surface area contributed by atoms with Gasteiger partial charge in [-0.05, 0) is 91.1 Å². The second kappa shape index (κ2) is 11.3. The number of halogens is 3. The third kappa shape index (κ3) is 6.03. The van der Waals surface area contributed by atoms with Gasteiger partial charge in [0.25, 0.3) is 0 Å². The molecule has 0 radical (unpaired) electrons. The molecule has 8 heteroatoms. The van der Waals surface area contributed by atoms with E-state index in [0.29, 0.717) is 31.5 Å². The molecule has 2 atom stereocenters. The molecule has 1 amide bonds. The van der Waals surface area contributed by atoms with Crippen molar-refractivity contribution in [1.29, 1.82) is 0 Å². The molecule has 4 N–H and O–H groups in total. The van der Waals surface area contributed by atoms with Crippen LogP contribution in [0.5, 0.6) is 0 Å². The highest BCUT2D eigenvalue weighted by Crippen LogP contribution is 2.36. The van der Waals surface area contributed by atoms with Crippen LogP contribution in [0.3, 0.4) is 0 Å². The van der Waals surface area contributed by atoms with Crippen molar-refractivity contribution in [3.63, 3.8) is 0 Å². The average molecular weight is 551 g/mol. The molecule has 0 aliphatic carbocycles. The predicted molar refractivity (Wildman–Crippen MR) is 152 cm³/mol. The number of nitrogens with one attached hydrogen (secondary N) is 2. The van der Waals surface area contributed by atoms with E-state index in [2.05, 4.69) is 54.5 Å². The van der Waals surface area contributed by atoms with Crippen LogP contribution in [0.1, 0.15) is 62.5 Å². The molecule has 2 aliphatic heterocycles. The van der Waals surface area contributed by atoms with Gasteiger partial charge >= 0.3 is 6.18 Å². The molecule has 0 saturated carbocycles. The third-order valence-corrected chi connectivity index (χ3v) is 8.22. The van der Waals surface area contributed by atoms with Crippen LogP contribution in [-0.2, 0) is 36.9 Å². The minimum Gasteiger partial charge on any atom is -0.385 e. The zero-order valence-electron chi connectivity index (χ0n) is 23.3. The number of rotatable bonds is 6. The summed E-state index contributed by atoms with van der Waals surface area (Å²) in [4.78, 5) is 15.3. The van der Waals surface area contributed by atoms with E-state index < -0.39 is 17.8 Å². The maximum absolute atomic E-state index is 13.6. The van der Waals surface area contributed by atoms with E-state index >= 15 is 0 Å². The van der Waals surface area contributed by atoms with Crippen molar-refractivity contribution in [2.45, 2.75) is 71.4 Å². The Kier molecular flexibility index (Phi) is 7.93. The van der Waals surface area contributed by atoms with Gasteiger partial charge in [0.15, 0.2) is 0 Å². The van der Waals surface area contributed by atoms with Crippen LogP contribution in [-0.4, -0.2) is 29.9 Å². The van der Waals surface area contributed by atoms with Gasteiger partial charge in [0, 0.05) is 31.9 Å². The maximum Gasteiger partial charge on any atom is 0.416 e. The molecule has 0 bridgehead atoms. The molecule has 0 fully saturated rings. The molecule has 5 rings (SSSR count). The number of nitrogens with two attached hydrogens (primary N) is 1. The molecule has 5 nitrogen and oxygen atoms in total. The smallest absolute Gasteiger partial charge is 0.385 e. The molecule has 3 aromatic rings. The van der Waals surface area contributed by atoms with Crippen LogP contribution in [0.2, 0.25) is 0 Å². The quantitative estimate of drug-likeness (QED) is 0.367. The summed E-state index contributed by atoms with van der Waals surface area (Å²) in [7, 11) is 0. The van der Waals surface area contributed by atoms with Crippen molar-refractivity contribution in [3.05, 3.63) is 98.6 Å². The van der Waals surface area contributed by atoms with E-state index in [9.17, 15) is 18.0 Å². The lowest BCUT2D eigenvalue weighted by molar-refractivity contribution is -0.138. The Morgan fingerprint density at radius 1 is 1.12 bits per heavy atom. The summed E-state index contributed by atoms with van der Waals surface area (Å²) in [6, 6.07) is 13.9. The number of hydrogen-bond donors (Lipinski definition) is 3. The summed E-state index contributed by atoms with van der Waals surface area (Å²) in [6.45, 7) is 8.37. The van der Waals surface area contributed by atoms with Crippen molar-refractivity contribution in [1.82, 2.24) is 10.2 Å². The van der Waals surface area contributed by atoms with Gasteiger partial charge in [-0.2, -0.15) is 13.2 Å². The zero-order valence-corrected chi connectivity index (χ0v) is 23.3. The Hall–Kier alpha value is -3.36. The molecule has 0 saturated heterocycles. The summed E-state index contributed by atoms with van der Waals surface area (Å²) in [6.07, 6.45) is -2.58. The van der Waals surface area contributed by atoms with E-state index in [-0.39, 0.29) is 18.5 Å². The van der Waals surface area contributed by atoms with Crippen LogP contribution in [0.15, 0.2) is 48.5 Å².